The Balaban J connectivity index is 2.63. The predicted octanol–water partition coefficient (Wildman–Crippen LogP) is 3.10. The van der Waals surface area contributed by atoms with Gasteiger partial charge >= 0.3 is 0 Å². The van der Waals surface area contributed by atoms with Crippen LogP contribution in [0, 0.1) is 5.41 Å². The molecule has 1 aromatic heterocycles. The Morgan fingerprint density at radius 3 is 2.61 bits per heavy atom. The number of halogens is 3. The summed E-state index contributed by atoms with van der Waals surface area (Å²) in [6.07, 6.45) is 1.66. The van der Waals surface area contributed by atoms with Gasteiger partial charge in [0.1, 0.15) is 11.7 Å². The molecule has 100 valence electrons. The number of hydrogen-bond acceptors (Lipinski definition) is 3. The summed E-state index contributed by atoms with van der Waals surface area (Å²) >= 11 is 14.8. The highest BCUT2D eigenvalue weighted by molar-refractivity contribution is 9.10. The van der Waals surface area contributed by atoms with Crippen LogP contribution in [0.15, 0.2) is 9.84 Å². The van der Waals surface area contributed by atoms with Gasteiger partial charge in [0.25, 0.3) is 5.91 Å². The summed E-state index contributed by atoms with van der Waals surface area (Å²) in [5, 5.41) is 4.21. The zero-order valence-corrected chi connectivity index (χ0v) is 13.3. The van der Waals surface area contributed by atoms with E-state index < -0.39 is 0 Å². The number of carbonyl (C=O) groups is 1. The van der Waals surface area contributed by atoms with Crippen molar-refractivity contribution >= 4 is 51.3 Å². The van der Waals surface area contributed by atoms with Crippen molar-refractivity contribution in [2.45, 2.75) is 27.3 Å². The van der Waals surface area contributed by atoms with Crippen LogP contribution < -0.4 is 5.43 Å². The van der Waals surface area contributed by atoms with Crippen LogP contribution in [0.2, 0.25) is 10.3 Å². The first-order valence-electron chi connectivity index (χ1n) is 5.11. The molecule has 1 amide bonds. The zero-order valence-electron chi connectivity index (χ0n) is 10.2. The first-order chi connectivity index (χ1) is 8.20. The number of hydrogen-bond donors (Lipinski definition) is 1. The normalized spacial score (nSPS) is 12.1. The van der Waals surface area contributed by atoms with Gasteiger partial charge in [-0.2, -0.15) is 5.10 Å². The molecule has 0 aromatic carbocycles. The summed E-state index contributed by atoms with van der Waals surface area (Å²) in [5.74, 6) is -0.313. The van der Waals surface area contributed by atoms with Crippen LogP contribution in [-0.2, 0) is 11.3 Å². The maximum atomic E-state index is 11.6. The monoisotopic (exact) mass is 354 g/mol. The van der Waals surface area contributed by atoms with Crippen molar-refractivity contribution in [2.24, 2.45) is 10.5 Å². The van der Waals surface area contributed by atoms with E-state index in [0.717, 1.165) is 0 Å². The highest BCUT2D eigenvalue weighted by atomic mass is 79.9. The average molecular weight is 356 g/mol. The van der Waals surface area contributed by atoms with E-state index >= 15 is 0 Å². The van der Waals surface area contributed by atoms with Gasteiger partial charge in [-0.1, -0.05) is 44.0 Å². The molecule has 5 nitrogen and oxygen atoms in total. The Bertz CT molecular complexity index is 479. The molecule has 0 radical (unpaired) electrons. The van der Waals surface area contributed by atoms with Crippen LogP contribution in [-0.4, -0.2) is 21.7 Å². The van der Waals surface area contributed by atoms with E-state index in [1.54, 1.807) is 6.21 Å². The molecule has 0 spiro atoms. The minimum absolute atomic E-state index is 0.0133. The van der Waals surface area contributed by atoms with Gasteiger partial charge < -0.3 is 0 Å². The Morgan fingerprint density at radius 2 is 2.17 bits per heavy atom. The van der Waals surface area contributed by atoms with Crippen molar-refractivity contribution in [2.75, 3.05) is 0 Å². The lowest BCUT2D eigenvalue weighted by Gasteiger charge is -2.10. The van der Waals surface area contributed by atoms with Gasteiger partial charge in [0.15, 0.2) is 9.89 Å². The summed E-state index contributed by atoms with van der Waals surface area (Å²) < 4.78 is 1.83. The number of nitrogens with one attached hydrogen (secondary N) is 1. The number of hydrazone groups is 1. The van der Waals surface area contributed by atoms with E-state index in [1.165, 1.54) is 4.57 Å². The highest BCUT2D eigenvalue weighted by Gasteiger charge is 2.14. The van der Waals surface area contributed by atoms with Crippen molar-refractivity contribution in [1.29, 1.82) is 0 Å². The van der Waals surface area contributed by atoms with Gasteiger partial charge in [-0.3, -0.25) is 9.36 Å². The number of imidazole rings is 1. The topological polar surface area (TPSA) is 59.3 Å². The molecule has 1 N–H and O–H groups in total. The predicted molar refractivity (Wildman–Crippen MR) is 76.0 cm³/mol. The van der Waals surface area contributed by atoms with Gasteiger partial charge in [-0.15, -0.1) is 0 Å². The third-order valence-electron chi connectivity index (χ3n) is 1.76. The van der Waals surface area contributed by atoms with Gasteiger partial charge in [-0.05, 0) is 21.3 Å². The highest BCUT2D eigenvalue weighted by Crippen LogP contribution is 2.25. The lowest BCUT2D eigenvalue weighted by molar-refractivity contribution is -0.121. The van der Waals surface area contributed by atoms with Crippen LogP contribution in [0.3, 0.4) is 0 Å². The Kier molecular flexibility index (Phi) is 5.19. The molecule has 0 saturated carbocycles. The summed E-state index contributed by atoms with van der Waals surface area (Å²) in [6.45, 7) is 5.92. The van der Waals surface area contributed by atoms with Crippen molar-refractivity contribution < 1.29 is 4.79 Å². The van der Waals surface area contributed by atoms with Crippen LogP contribution in [0.4, 0.5) is 0 Å². The van der Waals surface area contributed by atoms with Crippen molar-refractivity contribution in [3.63, 3.8) is 0 Å². The maximum Gasteiger partial charge on any atom is 0.260 e. The summed E-state index contributed by atoms with van der Waals surface area (Å²) in [5.41, 5.74) is 2.32. The van der Waals surface area contributed by atoms with Crippen molar-refractivity contribution in [3.05, 3.63) is 15.0 Å². The third kappa shape index (κ3) is 4.59. The minimum atomic E-state index is -0.313. The molecule has 0 aliphatic rings. The van der Waals surface area contributed by atoms with Gasteiger partial charge in [0.2, 0.25) is 0 Å². The smallest absolute Gasteiger partial charge is 0.260 e. The Hall–Kier alpha value is -0.590. The van der Waals surface area contributed by atoms with E-state index in [1.807, 2.05) is 20.8 Å². The summed E-state index contributed by atoms with van der Waals surface area (Å²) in [7, 11) is 0. The molecule has 0 unspecified atom stereocenters. The molecule has 18 heavy (non-hydrogen) atoms. The van der Waals surface area contributed by atoms with E-state index in [4.69, 9.17) is 23.2 Å². The van der Waals surface area contributed by atoms with Crippen LogP contribution in [0.5, 0.6) is 0 Å². The Labute approximate surface area is 124 Å². The van der Waals surface area contributed by atoms with Crippen LogP contribution in [0.25, 0.3) is 0 Å². The SMILES string of the molecule is CC(C)(C)/C=N/NC(=O)Cn1c(Br)nc(Cl)c1Cl. The molecule has 1 aromatic rings. The second kappa shape index (κ2) is 6.04. The molecule has 1 rings (SSSR count). The van der Waals surface area contributed by atoms with Gasteiger partial charge in [0.05, 0.1) is 0 Å². The lowest BCUT2D eigenvalue weighted by atomic mass is 9.99. The molecule has 0 aliphatic carbocycles. The van der Waals surface area contributed by atoms with E-state index in [0.29, 0.717) is 4.73 Å². The summed E-state index contributed by atoms with van der Waals surface area (Å²) in [6, 6.07) is 0. The average Bonchev–Trinajstić information content (AvgIpc) is 2.43. The lowest BCUT2D eigenvalue weighted by Crippen LogP contribution is -2.24. The molecular formula is C10H13BrCl2N4O. The van der Waals surface area contributed by atoms with Gasteiger partial charge in [-0.25, -0.2) is 10.4 Å². The molecule has 1 heterocycles. The Morgan fingerprint density at radius 1 is 1.56 bits per heavy atom. The number of aromatic nitrogens is 2. The van der Waals surface area contributed by atoms with E-state index in [-0.39, 0.29) is 28.2 Å². The maximum absolute atomic E-state index is 11.6. The fourth-order valence-electron chi connectivity index (χ4n) is 0.991. The molecule has 0 atom stereocenters. The van der Waals surface area contributed by atoms with E-state index in [9.17, 15) is 4.79 Å². The fourth-order valence-corrected chi connectivity index (χ4v) is 2.04. The van der Waals surface area contributed by atoms with Crippen molar-refractivity contribution in [3.8, 4) is 0 Å². The van der Waals surface area contributed by atoms with Crippen LogP contribution >= 0.6 is 39.1 Å². The quantitative estimate of drug-likeness (QED) is 0.669. The number of nitrogens with zero attached hydrogens (tertiary/aromatic N) is 3. The number of rotatable bonds is 3. The largest absolute Gasteiger partial charge is 0.299 e. The number of carbonyl (C=O) groups excluding carboxylic acids is 1. The standard InChI is InChI=1S/C10H13BrCl2N4O/c1-10(2,3)5-14-16-6(18)4-17-8(13)7(12)15-9(17)11/h5H,4H2,1-3H3,(H,16,18)/b14-5+. The van der Waals surface area contributed by atoms with E-state index in [2.05, 4.69) is 31.4 Å². The molecule has 0 aliphatic heterocycles. The first kappa shape index (κ1) is 15.5. The molecule has 0 fully saturated rings. The summed E-state index contributed by atoms with van der Waals surface area (Å²) in [4.78, 5) is 15.5. The molecular weight excluding hydrogens is 343 g/mol. The third-order valence-corrected chi connectivity index (χ3v) is 3.11. The molecule has 0 bridgehead atoms. The first-order valence-corrected chi connectivity index (χ1v) is 6.65. The fraction of sp³-hybridized carbons (Fsp3) is 0.500. The zero-order chi connectivity index (χ0) is 13.9. The number of amides is 1. The van der Waals surface area contributed by atoms with Crippen molar-refractivity contribution in [1.82, 2.24) is 15.0 Å². The minimum Gasteiger partial charge on any atom is -0.299 e. The molecule has 8 heteroatoms. The van der Waals surface area contributed by atoms with Crippen LogP contribution in [0.1, 0.15) is 20.8 Å². The second-order valence-electron chi connectivity index (χ2n) is 4.71. The van der Waals surface area contributed by atoms with Gasteiger partial charge in [0, 0.05) is 6.21 Å². The second-order valence-corrected chi connectivity index (χ2v) is 6.13. The molecule has 0 saturated heterocycles.